The molecule has 0 aromatic rings. The Balaban J connectivity index is 2.00. The van der Waals surface area contributed by atoms with Crippen LogP contribution in [0, 0.1) is 5.92 Å². The van der Waals surface area contributed by atoms with Crippen LogP contribution in [-0.2, 0) is 4.74 Å². The quantitative estimate of drug-likeness (QED) is 0.599. The molecular formula is C10H19NO. The van der Waals surface area contributed by atoms with Crippen molar-refractivity contribution in [1.29, 1.82) is 0 Å². The lowest BCUT2D eigenvalue weighted by Crippen LogP contribution is -2.43. The van der Waals surface area contributed by atoms with Crippen molar-refractivity contribution < 1.29 is 4.74 Å². The zero-order chi connectivity index (χ0) is 8.60. The van der Waals surface area contributed by atoms with Crippen LogP contribution in [0.15, 0.2) is 0 Å². The fourth-order valence-corrected chi connectivity index (χ4v) is 2.73. The van der Waals surface area contributed by atoms with Crippen LogP contribution in [0.3, 0.4) is 0 Å². The molecule has 3 unspecified atom stereocenters. The molecule has 0 amide bonds. The molecule has 0 aromatic heterocycles. The van der Waals surface area contributed by atoms with E-state index in [1.165, 1.54) is 19.3 Å². The van der Waals surface area contributed by atoms with Gasteiger partial charge in [0.05, 0.1) is 5.60 Å². The Morgan fingerprint density at radius 1 is 1.33 bits per heavy atom. The van der Waals surface area contributed by atoms with Gasteiger partial charge in [-0.15, -0.1) is 0 Å². The fraction of sp³-hybridized carbons (Fsp3) is 1.00. The van der Waals surface area contributed by atoms with Crippen LogP contribution in [0.2, 0.25) is 0 Å². The second-order valence-electron chi connectivity index (χ2n) is 4.63. The van der Waals surface area contributed by atoms with Crippen molar-refractivity contribution in [3.63, 3.8) is 0 Å². The lowest BCUT2D eigenvalue weighted by molar-refractivity contribution is -0.0811. The highest BCUT2D eigenvalue weighted by Crippen LogP contribution is 2.42. The third-order valence-corrected chi connectivity index (χ3v) is 3.34. The van der Waals surface area contributed by atoms with Crippen molar-refractivity contribution in [2.45, 2.75) is 50.7 Å². The van der Waals surface area contributed by atoms with Gasteiger partial charge in [0.15, 0.2) is 0 Å². The summed E-state index contributed by atoms with van der Waals surface area (Å²) in [5.74, 6) is 0.843. The first kappa shape index (κ1) is 8.52. The standard InChI is InChI=1S/C10H19NO/c1-8-2-4-10(6-8)7-9(11)3-5-12-10/h8-9H,2-7,11H2,1H3. The van der Waals surface area contributed by atoms with Crippen LogP contribution in [0.25, 0.3) is 0 Å². The van der Waals surface area contributed by atoms with Gasteiger partial charge in [0.1, 0.15) is 0 Å². The molecule has 0 radical (unpaired) electrons. The van der Waals surface area contributed by atoms with E-state index in [9.17, 15) is 0 Å². The molecule has 1 spiro atoms. The molecule has 2 rings (SSSR count). The van der Waals surface area contributed by atoms with E-state index in [-0.39, 0.29) is 5.60 Å². The SMILES string of the molecule is CC1CCC2(C1)CC(N)CCO2. The molecule has 1 saturated carbocycles. The van der Waals surface area contributed by atoms with E-state index in [0.29, 0.717) is 6.04 Å². The average molecular weight is 169 g/mol. The normalized spacial score (nSPS) is 48.5. The van der Waals surface area contributed by atoms with Crippen LogP contribution < -0.4 is 5.73 Å². The van der Waals surface area contributed by atoms with E-state index in [2.05, 4.69) is 6.92 Å². The Hall–Kier alpha value is -0.0800. The Bertz CT molecular complexity index is 167. The fourth-order valence-electron chi connectivity index (χ4n) is 2.73. The Morgan fingerprint density at radius 3 is 2.75 bits per heavy atom. The first-order valence-corrected chi connectivity index (χ1v) is 5.10. The van der Waals surface area contributed by atoms with Gasteiger partial charge in [-0.05, 0) is 38.0 Å². The molecular weight excluding hydrogens is 150 g/mol. The molecule has 2 heteroatoms. The Labute approximate surface area is 74.5 Å². The molecule has 1 aliphatic carbocycles. The molecule has 70 valence electrons. The maximum absolute atomic E-state index is 5.95. The van der Waals surface area contributed by atoms with Gasteiger partial charge in [-0.25, -0.2) is 0 Å². The van der Waals surface area contributed by atoms with Gasteiger partial charge < -0.3 is 10.5 Å². The minimum Gasteiger partial charge on any atom is -0.375 e. The summed E-state index contributed by atoms with van der Waals surface area (Å²) in [6.45, 7) is 3.20. The molecule has 2 N–H and O–H groups in total. The van der Waals surface area contributed by atoms with Gasteiger partial charge in [-0.3, -0.25) is 0 Å². The number of hydrogen-bond donors (Lipinski definition) is 1. The van der Waals surface area contributed by atoms with E-state index < -0.39 is 0 Å². The second kappa shape index (κ2) is 3.00. The predicted molar refractivity (Wildman–Crippen MR) is 48.9 cm³/mol. The summed E-state index contributed by atoms with van der Waals surface area (Å²) in [4.78, 5) is 0. The van der Waals surface area contributed by atoms with E-state index in [1.807, 2.05) is 0 Å². The Kier molecular flexibility index (Phi) is 2.13. The summed E-state index contributed by atoms with van der Waals surface area (Å²) in [5, 5.41) is 0. The van der Waals surface area contributed by atoms with Gasteiger partial charge >= 0.3 is 0 Å². The Morgan fingerprint density at radius 2 is 2.17 bits per heavy atom. The molecule has 1 heterocycles. The minimum atomic E-state index is 0.192. The lowest BCUT2D eigenvalue weighted by Gasteiger charge is -2.37. The summed E-state index contributed by atoms with van der Waals surface area (Å²) in [6.07, 6.45) is 5.95. The maximum atomic E-state index is 5.95. The highest BCUT2D eigenvalue weighted by atomic mass is 16.5. The monoisotopic (exact) mass is 169 g/mol. The van der Waals surface area contributed by atoms with Gasteiger partial charge in [0, 0.05) is 12.6 Å². The van der Waals surface area contributed by atoms with Crippen LogP contribution in [0.5, 0.6) is 0 Å². The van der Waals surface area contributed by atoms with E-state index in [4.69, 9.17) is 10.5 Å². The van der Waals surface area contributed by atoms with E-state index in [1.54, 1.807) is 0 Å². The van der Waals surface area contributed by atoms with E-state index in [0.717, 1.165) is 25.4 Å². The summed E-state index contributed by atoms with van der Waals surface area (Å²) >= 11 is 0. The van der Waals surface area contributed by atoms with Crippen molar-refractivity contribution >= 4 is 0 Å². The molecule has 2 fully saturated rings. The second-order valence-corrected chi connectivity index (χ2v) is 4.63. The van der Waals surface area contributed by atoms with Crippen LogP contribution in [0.1, 0.15) is 39.0 Å². The smallest absolute Gasteiger partial charge is 0.0700 e. The molecule has 0 aromatic carbocycles. The van der Waals surface area contributed by atoms with Crippen LogP contribution >= 0.6 is 0 Å². The predicted octanol–water partition coefficient (Wildman–Crippen LogP) is 1.68. The largest absolute Gasteiger partial charge is 0.375 e. The van der Waals surface area contributed by atoms with Crippen molar-refractivity contribution in [2.24, 2.45) is 11.7 Å². The summed E-state index contributed by atoms with van der Waals surface area (Å²) < 4.78 is 5.89. The van der Waals surface area contributed by atoms with Gasteiger partial charge in [0.25, 0.3) is 0 Å². The molecule has 0 bridgehead atoms. The molecule has 12 heavy (non-hydrogen) atoms. The minimum absolute atomic E-state index is 0.192. The van der Waals surface area contributed by atoms with Gasteiger partial charge in [0.2, 0.25) is 0 Å². The van der Waals surface area contributed by atoms with Crippen molar-refractivity contribution in [1.82, 2.24) is 0 Å². The zero-order valence-corrected chi connectivity index (χ0v) is 7.88. The summed E-state index contributed by atoms with van der Waals surface area (Å²) in [6, 6.07) is 0.393. The average Bonchev–Trinajstić information content (AvgIpc) is 2.32. The lowest BCUT2D eigenvalue weighted by atomic mass is 9.89. The highest BCUT2D eigenvalue weighted by Gasteiger charge is 2.41. The van der Waals surface area contributed by atoms with Crippen LogP contribution in [0.4, 0.5) is 0 Å². The molecule has 2 nitrogen and oxygen atoms in total. The zero-order valence-electron chi connectivity index (χ0n) is 7.88. The van der Waals surface area contributed by atoms with E-state index >= 15 is 0 Å². The molecule has 3 atom stereocenters. The first-order valence-electron chi connectivity index (χ1n) is 5.10. The maximum Gasteiger partial charge on any atom is 0.0700 e. The third-order valence-electron chi connectivity index (χ3n) is 3.34. The van der Waals surface area contributed by atoms with Gasteiger partial charge in [-0.1, -0.05) is 6.92 Å². The first-order chi connectivity index (χ1) is 5.70. The number of ether oxygens (including phenoxy) is 1. The number of rotatable bonds is 0. The third kappa shape index (κ3) is 1.50. The topological polar surface area (TPSA) is 35.2 Å². The molecule has 1 aliphatic heterocycles. The number of nitrogens with two attached hydrogens (primary N) is 1. The summed E-state index contributed by atoms with van der Waals surface area (Å²) in [7, 11) is 0. The van der Waals surface area contributed by atoms with Crippen molar-refractivity contribution in [3.8, 4) is 0 Å². The molecule has 1 saturated heterocycles. The highest BCUT2D eigenvalue weighted by molar-refractivity contribution is 4.94. The number of hydrogen-bond acceptors (Lipinski definition) is 2. The van der Waals surface area contributed by atoms with Crippen LogP contribution in [-0.4, -0.2) is 18.2 Å². The van der Waals surface area contributed by atoms with Crippen molar-refractivity contribution in [3.05, 3.63) is 0 Å². The summed E-state index contributed by atoms with van der Waals surface area (Å²) in [5.41, 5.74) is 6.15. The van der Waals surface area contributed by atoms with Gasteiger partial charge in [-0.2, -0.15) is 0 Å². The molecule has 2 aliphatic rings. The van der Waals surface area contributed by atoms with Crippen molar-refractivity contribution in [2.75, 3.05) is 6.61 Å².